The molecule has 0 aliphatic heterocycles. The van der Waals surface area contributed by atoms with Crippen molar-refractivity contribution in [2.24, 2.45) is 0 Å². The van der Waals surface area contributed by atoms with E-state index in [-0.39, 0.29) is 11.6 Å². The van der Waals surface area contributed by atoms with Crippen LogP contribution >= 0.6 is 10.7 Å². The number of imidazole rings is 1. The van der Waals surface area contributed by atoms with Crippen LogP contribution in [0.5, 0.6) is 0 Å². The van der Waals surface area contributed by atoms with E-state index in [4.69, 9.17) is 15.2 Å². The molecule has 0 fully saturated rings. The van der Waals surface area contributed by atoms with Crippen molar-refractivity contribution in [2.45, 2.75) is 25.4 Å². The Balaban J connectivity index is 2.31. The summed E-state index contributed by atoms with van der Waals surface area (Å²) in [6, 6.07) is 0. The van der Waals surface area contributed by atoms with Crippen LogP contribution < -0.4 is 0 Å². The summed E-state index contributed by atoms with van der Waals surface area (Å²) in [5, 5.41) is 3.52. The molecule has 9 heteroatoms. The third kappa shape index (κ3) is 2.64. The molecule has 2 rings (SSSR count). The molecule has 92 valence electrons. The lowest BCUT2D eigenvalue weighted by Crippen LogP contribution is -2.02. The van der Waals surface area contributed by atoms with Crippen molar-refractivity contribution >= 4 is 19.7 Å². The Morgan fingerprint density at radius 3 is 2.59 bits per heavy atom. The van der Waals surface area contributed by atoms with Crippen LogP contribution in [0.25, 0.3) is 0 Å². The van der Waals surface area contributed by atoms with Crippen molar-refractivity contribution < 1.29 is 12.9 Å². The molecule has 0 atom stereocenters. The monoisotopic (exact) mass is 276 g/mol. The highest BCUT2D eigenvalue weighted by Crippen LogP contribution is 2.14. The average Bonchev–Trinajstić information content (AvgIpc) is 2.74. The van der Waals surface area contributed by atoms with E-state index < -0.39 is 9.05 Å². The Kier molecular flexibility index (Phi) is 2.92. The molecule has 0 aliphatic rings. The van der Waals surface area contributed by atoms with Gasteiger partial charge in [-0.15, -0.1) is 0 Å². The third-order valence-electron chi connectivity index (χ3n) is 2.09. The molecule has 0 radical (unpaired) electrons. The highest BCUT2D eigenvalue weighted by Gasteiger charge is 2.16. The van der Waals surface area contributed by atoms with Gasteiger partial charge in [-0.3, -0.25) is 0 Å². The topological polar surface area (TPSA) is 90.9 Å². The number of rotatable bonds is 3. The standard InChI is InChI=1S/C8H9ClN4O3S/c1-5-10-8(17(9,14)15)4-13(5)3-7-11-6(2)16-12-7/h4H,3H2,1-2H3. The summed E-state index contributed by atoms with van der Waals surface area (Å²) in [7, 11) is 1.38. The van der Waals surface area contributed by atoms with Gasteiger partial charge in [-0.2, -0.15) is 4.98 Å². The second kappa shape index (κ2) is 4.11. The van der Waals surface area contributed by atoms with Gasteiger partial charge >= 0.3 is 0 Å². The molecule has 0 aromatic carbocycles. The summed E-state index contributed by atoms with van der Waals surface area (Å²) in [6.07, 6.45) is 1.34. The fraction of sp³-hybridized carbons (Fsp3) is 0.375. The van der Waals surface area contributed by atoms with Crippen LogP contribution in [-0.2, 0) is 15.6 Å². The molecule has 0 spiro atoms. The molecule has 0 saturated carbocycles. The Morgan fingerprint density at radius 2 is 2.12 bits per heavy atom. The first-order valence-electron chi connectivity index (χ1n) is 4.64. The Labute approximate surface area is 102 Å². The molecule has 0 bridgehead atoms. The minimum Gasteiger partial charge on any atom is -0.340 e. The van der Waals surface area contributed by atoms with Gasteiger partial charge in [-0.05, 0) is 6.92 Å². The summed E-state index contributed by atoms with van der Waals surface area (Å²) in [6.45, 7) is 3.62. The molecule has 0 unspecified atom stereocenters. The van der Waals surface area contributed by atoms with Crippen LogP contribution in [0.3, 0.4) is 0 Å². The lowest BCUT2D eigenvalue weighted by molar-refractivity contribution is 0.386. The van der Waals surface area contributed by atoms with E-state index in [9.17, 15) is 8.42 Å². The van der Waals surface area contributed by atoms with E-state index in [1.807, 2.05) is 0 Å². The largest absolute Gasteiger partial charge is 0.340 e. The van der Waals surface area contributed by atoms with Crippen molar-refractivity contribution in [1.29, 1.82) is 0 Å². The summed E-state index contributed by atoms with van der Waals surface area (Å²) in [5.41, 5.74) is 0. The second-order valence-corrected chi connectivity index (χ2v) is 5.93. The van der Waals surface area contributed by atoms with Crippen molar-refractivity contribution in [3.63, 3.8) is 0 Å². The van der Waals surface area contributed by atoms with Gasteiger partial charge < -0.3 is 9.09 Å². The van der Waals surface area contributed by atoms with Crippen molar-refractivity contribution in [3.8, 4) is 0 Å². The van der Waals surface area contributed by atoms with Crippen molar-refractivity contribution in [2.75, 3.05) is 0 Å². The van der Waals surface area contributed by atoms with Crippen LogP contribution in [-0.4, -0.2) is 28.1 Å². The summed E-state index contributed by atoms with van der Waals surface area (Å²) >= 11 is 0. The number of hydrogen-bond acceptors (Lipinski definition) is 6. The first-order valence-corrected chi connectivity index (χ1v) is 6.95. The van der Waals surface area contributed by atoms with Gasteiger partial charge in [0.25, 0.3) is 9.05 Å². The Hall–Kier alpha value is -1.41. The Morgan fingerprint density at radius 1 is 1.41 bits per heavy atom. The average molecular weight is 277 g/mol. The quantitative estimate of drug-likeness (QED) is 0.772. The normalized spacial score (nSPS) is 11.9. The van der Waals surface area contributed by atoms with Gasteiger partial charge in [-0.1, -0.05) is 5.16 Å². The van der Waals surface area contributed by atoms with Gasteiger partial charge in [-0.25, -0.2) is 13.4 Å². The molecule has 0 amide bonds. The lowest BCUT2D eigenvalue weighted by atomic mass is 10.5. The zero-order valence-electron chi connectivity index (χ0n) is 9.08. The Bertz CT molecular complexity index is 646. The molecule has 2 heterocycles. The number of nitrogens with zero attached hydrogens (tertiary/aromatic N) is 4. The van der Waals surface area contributed by atoms with E-state index in [0.717, 1.165) is 0 Å². The predicted octanol–water partition coefficient (Wildman–Crippen LogP) is 0.859. The van der Waals surface area contributed by atoms with E-state index in [1.165, 1.54) is 6.20 Å². The van der Waals surface area contributed by atoms with Gasteiger partial charge in [0.1, 0.15) is 5.82 Å². The molecular weight excluding hydrogens is 268 g/mol. The minimum atomic E-state index is -3.82. The van der Waals surface area contributed by atoms with E-state index in [0.29, 0.717) is 17.5 Å². The van der Waals surface area contributed by atoms with Crippen LogP contribution in [0.15, 0.2) is 15.7 Å². The van der Waals surface area contributed by atoms with Crippen LogP contribution in [0, 0.1) is 13.8 Å². The van der Waals surface area contributed by atoms with Gasteiger partial charge in [0, 0.05) is 23.8 Å². The molecule has 7 nitrogen and oxygen atoms in total. The zero-order valence-corrected chi connectivity index (χ0v) is 10.7. The first-order chi connectivity index (χ1) is 7.86. The van der Waals surface area contributed by atoms with E-state index >= 15 is 0 Å². The minimum absolute atomic E-state index is 0.183. The highest BCUT2D eigenvalue weighted by atomic mass is 35.7. The number of aryl methyl sites for hydroxylation is 2. The molecule has 17 heavy (non-hydrogen) atoms. The van der Waals surface area contributed by atoms with Crippen LogP contribution in [0.4, 0.5) is 0 Å². The van der Waals surface area contributed by atoms with E-state index in [1.54, 1.807) is 18.4 Å². The summed E-state index contributed by atoms with van der Waals surface area (Å²) < 4.78 is 28.6. The van der Waals surface area contributed by atoms with Crippen LogP contribution in [0.1, 0.15) is 17.5 Å². The molecule has 0 saturated heterocycles. The number of aromatic nitrogens is 4. The SMILES string of the molecule is Cc1nc(Cn2cc(S(=O)(=O)Cl)nc2C)no1. The maximum atomic E-state index is 11.1. The molecule has 0 aliphatic carbocycles. The number of halogens is 1. The van der Waals surface area contributed by atoms with Gasteiger partial charge in [0.2, 0.25) is 5.89 Å². The number of hydrogen-bond donors (Lipinski definition) is 0. The highest BCUT2D eigenvalue weighted by molar-refractivity contribution is 8.13. The fourth-order valence-electron chi connectivity index (χ4n) is 1.31. The lowest BCUT2D eigenvalue weighted by Gasteiger charge is -1.98. The molecule has 2 aromatic heterocycles. The zero-order chi connectivity index (χ0) is 12.6. The molecular formula is C8H9ClN4O3S. The maximum Gasteiger partial charge on any atom is 0.280 e. The van der Waals surface area contributed by atoms with Crippen molar-refractivity contribution in [3.05, 3.63) is 23.7 Å². The predicted molar refractivity (Wildman–Crippen MR) is 58.1 cm³/mol. The van der Waals surface area contributed by atoms with E-state index in [2.05, 4.69) is 15.1 Å². The first kappa shape index (κ1) is 12.1. The second-order valence-electron chi connectivity index (χ2n) is 3.42. The van der Waals surface area contributed by atoms with Gasteiger partial charge in [0.15, 0.2) is 10.9 Å². The van der Waals surface area contributed by atoms with Crippen LogP contribution in [0.2, 0.25) is 0 Å². The summed E-state index contributed by atoms with van der Waals surface area (Å²) in [4.78, 5) is 7.85. The summed E-state index contributed by atoms with van der Waals surface area (Å²) in [5.74, 6) is 1.40. The smallest absolute Gasteiger partial charge is 0.280 e. The maximum absolute atomic E-state index is 11.1. The fourth-order valence-corrected chi connectivity index (χ4v) is 2.03. The third-order valence-corrected chi connectivity index (χ3v) is 3.26. The molecule has 0 N–H and O–H groups in total. The molecule has 2 aromatic rings. The van der Waals surface area contributed by atoms with Gasteiger partial charge in [0.05, 0.1) is 6.54 Å². The van der Waals surface area contributed by atoms with Crippen molar-refractivity contribution in [1.82, 2.24) is 19.7 Å².